The molecule has 6 nitrogen and oxygen atoms in total. The number of nitrogens with zero attached hydrogens (tertiary/aromatic N) is 4. The lowest BCUT2D eigenvalue weighted by Crippen LogP contribution is -2.47. The topological polar surface area (TPSA) is 39.3 Å². The molecule has 2 heterocycles. The van der Waals surface area contributed by atoms with Gasteiger partial charge in [0.05, 0.1) is 0 Å². The van der Waals surface area contributed by atoms with Crippen molar-refractivity contribution < 1.29 is 13.9 Å². The number of urea groups is 1. The summed E-state index contributed by atoms with van der Waals surface area (Å²) in [5, 5.41) is -0.0177. The number of benzene rings is 2. The number of anilines is 1. The quantitative estimate of drug-likeness (QED) is 0.659. The van der Waals surface area contributed by atoms with Crippen molar-refractivity contribution in [3.8, 4) is 5.75 Å². The zero-order valence-corrected chi connectivity index (χ0v) is 19.6. The van der Waals surface area contributed by atoms with Crippen LogP contribution >= 0.6 is 11.8 Å². The van der Waals surface area contributed by atoms with Crippen LogP contribution in [0.3, 0.4) is 0 Å². The maximum atomic E-state index is 13.5. The van der Waals surface area contributed by atoms with Gasteiger partial charge in [0, 0.05) is 70.4 Å². The highest BCUT2D eigenvalue weighted by molar-refractivity contribution is 7.99. The number of carbonyl (C=O) groups excluding carboxylic acids is 1. The second kappa shape index (κ2) is 10.4. The third-order valence-electron chi connectivity index (χ3n) is 5.92. The van der Waals surface area contributed by atoms with Gasteiger partial charge < -0.3 is 19.4 Å². The number of ether oxygens (including phenoxy) is 1. The van der Waals surface area contributed by atoms with Gasteiger partial charge in [0.15, 0.2) is 0 Å². The minimum atomic E-state index is -0.191. The summed E-state index contributed by atoms with van der Waals surface area (Å²) >= 11 is 1.78. The largest absolute Gasteiger partial charge is 0.492 e. The fraction of sp³-hybridized carbons (Fsp3) is 0.458. The number of amides is 2. The SMILES string of the molecule is CN(C)C(=O)N1CCSC1c1ccccc1OCCN1CCN(c2cccc(F)c2)CC1. The van der Waals surface area contributed by atoms with Gasteiger partial charge in [-0.3, -0.25) is 4.90 Å². The third-order valence-corrected chi connectivity index (χ3v) is 7.16. The molecule has 8 heteroatoms. The molecule has 4 rings (SSSR count). The van der Waals surface area contributed by atoms with Gasteiger partial charge in [0.1, 0.15) is 23.5 Å². The smallest absolute Gasteiger partial charge is 0.320 e. The van der Waals surface area contributed by atoms with Gasteiger partial charge in [-0.05, 0) is 24.3 Å². The molecule has 0 N–H and O–H groups in total. The summed E-state index contributed by atoms with van der Waals surface area (Å²) in [4.78, 5) is 20.7. The standard InChI is InChI=1S/C24H31FN4O2S/c1-26(2)24(30)29-15-17-32-23(29)21-8-3-4-9-22(21)31-16-14-27-10-12-28(13-11-27)20-7-5-6-19(25)18-20/h3-9,18,23H,10-17H2,1-2H3. The van der Waals surface area contributed by atoms with Crippen molar-refractivity contribution in [2.75, 3.05) is 70.6 Å². The molecule has 0 spiro atoms. The minimum absolute atomic E-state index is 0.0177. The van der Waals surface area contributed by atoms with E-state index in [-0.39, 0.29) is 17.2 Å². The van der Waals surface area contributed by atoms with Crippen LogP contribution in [0.25, 0.3) is 0 Å². The Kier molecular flexibility index (Phi) is 7.42. The summed E-state index contributed by atoms with van der Waals surface area (Å²) in [6.07, 6.45) is 0. The van der Waals surface area contributed by atoms with Crippen molar-refractivity contribution in [3.63, 3.8) is 0 Å². The zero-order valence-electron chi connectivity index (χ0n) is 18.7. The van der Waals surface area contributed by atoms with Crippen molar-refractivity contribution >= 4 is 23.5 Å². The first-order valence-electron chi connectivity index (χ1n) is 11.1. The Hall–Kier alpha value is -2.45. The summed E-state index contributed by atoms with van der Waals surface area (Å²) < 4.78 is 19.7. The van der Waals surface area contributed by atoms with Crippen LogP contribution in [0.2, 0.25) is 0 Å². The van der Waals surface area contributed by atoms with E-state index in [1.165, 1.54) is 6.07 Å². The maximum Gasteiger partial charge on any atom is 0.320 e. The van der Waals surface area contributed by atoms with Crippen molar-refractivity contribution in [1.82, 2.24) is 14.7 Å². The highest BCUT2D eigenvalue weighted by atomic mass is 32.2. The average Bonchev–Trinajstić information content (AvgIpc) is 3.29. The number of piperazine rings is 1. The molecule has 1 atom stereocenters. The fourth-order valence-electron chi connectivity index (χ4n) is 4.18. The van der Waals surface area contributed by atoms with Gasteiger partial charge in [0.25, 0.3) is 0 Å². The second-order valence-electron chi connectivity index (χ2n) is 8.29. The Morgan fingerprint density at radius 2 is 1.88 bits per heavy atom. The van der Waals surface area contributed by atoms with Crippen LogP contribution in [0.4, 0.5) is 14.9 Å². The summed E-state index contributed by atoms with van der Waals surface area (Å²) in [7, 11) is 3.58. The molecule has 32 heavy (non-hydrogen) atoms. The number of carbonyl (C=O) groups is 1. The number of para-hydroxylation sites is 1. The predicted molar refractivity (Wildman–Crippen MR) is 128 cm³/mol. The monoisotopic (exact) mass is 458 g/mol. The van der Waals surface area contributed by atoms with E-state index in [1.807, 2.05) is 29.2 Å². The van der Waals surface area contributed by atoms with Gasteiger partial charge >= 0.3 is 6.03 Å². The van der Waals surface area contributed by atoms with E-state index in [0.717, 1.165) is 62.0 Å². The minimum Gasteiger partial charge on any atom is -0.492 e. The third kappa shape index (κ3) is 5.30. The molecule has 0 aliphatic carbocycles. The molecular formula is C24H31FN4O2S. The Labute approximate surface area is 193 Å². The van der Waals surface area contributed by atoms with E-state index in [2.05, 4.69) is 15.9 Å². The van der Waals surface area contributed by atoms with Crippen LogP contribution in [0.1, 0.15) is 10.9 Å². The van der Waals surface area contributed by atoms with Gasteiger partial charge in [-0.2, -0.15) is 0 Å². The van der Waals surface area contributed by atoms with Gasteiger partial charge in [-0.25, -0.2) is 9.18 Å². The molecule has 172 valence electrons. The molecule has 0 bridgehead atoms. The molecule has 0 radical (unpaired) electrons. The molecule has 2 aromatic carbocycles. The molecule has 2 aliphatic rings. The molecule has 2 saturated heterocycles. The molecule has 2 amide bonds. The Morgan fingerprint density at radius 3 is 2.62 bits per heavy atom. The van der Waals surface area contributed by atoms with Crippen molar-refractivity contribution in [2.24, 2.45) is 0 Å². The van der Waals surface area contributed by atoms with E-state index in [9.17, 15) is 9.18 Å². The van der Waals surface area contributed by atoms with Crippen molar-refractivity contribution in [1.29, 1.82) is 0 Å². The zero-order chi connectivity index (χ0) is 22.5. The number of halogens is 1. The van der Waals surface area contributed by atoms with Crippen LogP contribution in [-0.4, -0.2) is 86.5 Å². The van der Waals surface area contributed by atoms with Gasteiger partial charge in [-0.1, -0.05) is 24.3 Å². The molecular weight excluding hydrogens is 427 g/mol. The molecule has 2 fully saturated rings. The van der Waals surface area contributed by atoms with Gasteiger partial charge in [-0.15, -0.1) is 11.8 Å². The number of thioether (sulfide) groups is 1. The van der Waals surface area contributed by atoms with Crippen LogP contribution in [0.5, 0.6) is 5.75 Å². The first kappa shape index (κ1) is 22.7. The van der Waals surface area contributed by atoms with Crippen LogP contribution in [0, 0.1) is 5.82 Å². The summed E-state index contributed by atoms with van der Waals surface area (Å²) in [5.41, 5.74) is 2.00. The van der Waals surface area contributed by atoms with E-state index in [4.69, 9.17) is 4.74 Å². The van der Waals surface area contributed by atoms with E-state index in [0.29, 0.717) is 6.61 Å². The average molecular weight is 459 g/mol. The summed E-state index contributed by atoms with van der Waals surface area (Å²) in [6.45, 7) is 5.77. The Morgan fingerprint density at radius 1 is 1.09 bits per heavy atom. The Bertz CT molecular complexity index is 920. The predicted octanol–water partition coefficient (Wildman–Crippen LogP) is 3.76. The maximum absolute atomic E-state index is 13.5. The lowest BCUT2D eigenvalue weighted by molar-refractivity contribution is 0.171. The van der Waals surface area contributed by atoms with E-state index in [1.54, 1.807) is 42.9 Å². The lowest BCUT2D eigenvalue weighted by Gasteiger charge is -2.36. The normalized spacial score (nSPS) is 19.3. The first-order valence-corrected chi connectivity index (χ1v) is 12.1. The molecule has 0 aromatic heterocycles. The molecule has 1 unspecified atom stereocenters. The van der Waals surface area contributed by atoms with Crippen LogP contribution < -0.4 is 9.64 Å². The van der Waals surface area contributed by atoms with Crippen molar-refractivity contribution in [3.05, 3.63) is 59.9 Å². The first-order chi connectivity index (χ1) is 15.5. The van der Waals surface area contributed by atoms with Crippen molar-refractivity contribution in [2.45, 2.75) is 5.37 Å². The highest BCUT2D eigenvalue weighted by Gasteiger charge is 2.33. The summed E-state index contributed by atoms with van der Waals surface area (Å²) in [5.74, 6) is 1.58. The van der Waals surface area contributed by atoms with E-state index < -0.39 is 0 Å². The lowest BCUT2D eigenvalue weighted by atomic mass is 10.2. The number of hydrogen-bond acceptors (Lipinski definition) is 5. The molecule has 0 saturated carbocycles. The number of rotatable bonds is 6. The fourth-order valence-corrected chi connectivity index (χ4v) is 5.46. The second-order valence-corrected chi connectivity index (χ2v) is 9.48. The highest BCUT2D eigenvalue weighted by Crippen LogP contribution is 2.42. The van der Waals surface area contributed by atoms with Crippen LogP contribution in [0.15, 0.2) is 48.5 Å². The molecule has 2 aromatic rings. The summed E-state index contributed by atoms with van der Waals surface area (Å²) in [6, 6.07) is 14.9. The van der Waals surface area contributed by atoms with E-state index >= 15 is 0 Å². The Balaban J connectivity index is 1.30. The van der Waals surface area contributed by atoms with Gasteiger partial charge in [0.2, 0.25) is 0 Å². The van der Waals surface area contributed by atoms with Crippen LogP contribution in [-0.2, 0) is 0 Å². The number of hydrogen-bond donors (Lipinski definition) is 0. The molecule has 2 aliphatic heterocycles.